The largest absolute Gasteiger partial charge is 0.496 e. The maximum atomic E-state index is 13.3. The van der Waals surface area contributed by atoms with Crippen LogP contribution in [-0.4, -0.2) is 25.1 Å². The van der Waals surface area contributed by atoms with E-state index in [0.717, 1.165) is 0 Å². The number of carbonyl (C=O) groups excluding carboxylic acids is 1. The van der Waals surface area contributed by atoms with Crippen molar-refractivity contribution in [2.24, 2.45) is 0 Å². The van der Waals surface area contributed by atoms with Crippen molar-refractivity contribution in [3.05, 3.63) is 82.2 Å². The van der Waals surface area contributed by atoms with Crippen LogP contribution < -0.4 is 14.8 Å². The number of hydrogen-bond donors (Lipinski definition) is 1. The number of nitrogens with zero attached hydrogens (tertiary/aromatic N) is 1. The molecule has 3 aromatic carbocycles. The average molecular weight is 396 g/mol. The van der Waals surface area contributed by atoms with Crippen molar-refractivity contribution >= 4 is 17.3 Å². The minimum Gasteiger partial charge on any atom is -0.496 e. The third kappa shape index (κ3) is 4.32. The number of benzene rings is 3. The van der Waals surface area contributed by atoms with Crippen LogP contribution in [0.1, 0.15) is 10.4 Å². The van der Waals surface area contributed by atoms with E-state index in [4.69, 9.17) is 9.47 Å². The molecule has 0 aliphatic carbocycles. The molecule has 29 heavy (non-hydrogen) atoms. The van der Waals surface area contributed by atoms with Gasteiger partial charge in [-0.25, -0.2) is 4.39 Å². The number of nitro benzene ring substituents is 1. The van der Waals surface area contributed by atoms with Gasteiger partial charge in [0, 0.05) is 35.5 Å². The summed E-state index contributed by atoms with van der Waals surface area (Å²) in [6.07, 6.45) is 0. The quantitative estimate of drug-likeness (QED) is 0.483. The van der Waals surface area contributed by atoms with Crippen molar-refractivity contribution < 1.29 is 23.6 Å². The summed E-state index contributed by atoms with van der Waals surface area (Å²) in [6, 6.07) is 14.4. The van der Waals surface area contributed by atoms with E-state index in [0.29, 0.717) is 28.3 Å². The Hall–Kier alpha value is -3.94. The van der Waals surface area contributed by atoms with Gasteiger partial charge in [-0.1, -0.05) is 12.1 Å². The van der Waals surface area contributed by atoms with Crippen LogP contribution in [0, 0.1) is 15.9 Å². The topological polar surface area (TPSA) is 90.7 Å². The summed E-state index contributed by atoms with van der Waals surface area (Å²) < 4.78 is 24.1. The van der Waals surface area contributed by atoms with Crippen LogP contribution in [-0.2, 0) is 0 Å². The van der Waals surface area contributed by atoms with E-state index in [2.05, 4.69) is 5.32 Å². The summed E-state index contributed by atoms with van der Waals surface area (Å²) in [7, 11) is 2.95. The van der Waals surface area contributed by atoms with Crippen molar-refractivity contribution in [3.63, 3.8) is 0 Å². The number of carbonyl (C=O) groups is 1. The predicted molar refractivity (Wildman–Crippen MR) is 106 cm³/mol. The van der Waals surface area contributed by atoms with Crippen molar-refractivity contribution in [3.8, 4) is 22.6 Å². The Morgan fingerprint density at radius 1 is 0.966 bits per heavy atom. The molecule has 148 valence electrons. The molecule has 3 rings (SSSR count). The first-order valence-electron chi connectivity index (χ1n) is 8.50. The molecule has 1 N–H and O–H groups in total. The van der Waals surface area contributed by atoms with Gasteiger partial charge in [-0.05, 0) is 29.8 Å². The third-order valence-electron chi connectivity index (χ3n) is 4.24. The highest BCUT2D eigenvalue weighted by molar-refractivity contribution is 6.05. The van der Waals surface area contributed by atoms with E-state index < -0.39 is 10.8 Å². The van der Waals surface area contributed by atoms with Gasteiger partial charge in [0.1, 0.15) is 17.3 Å². The second-order valence-electron chi connectivity index (χ2n) is 6.02. The zero-order valence-electron chi connectivity index (χ0n) is 15.6. The molecule has 0 spiro atoms. The van der Waals surface area contributed by atoms with E-state index in [1.54, 1.807) is 24.3 Å². The number of hydrogen-bond acceptors (Lipinski definition) is 5. The fourth-order valence-electron chi connectivity index (χ4n) is 2.82. The highest BCUT2D eigenvalue weighted by Crippen LogP contribution is 2.41. The summed E-state index contributed by atoms with van der Waals surface area (Å²) >= 11 is 0. The lowest BCUT2D eigenvalue weighted by Gasteiger charge is -2.16. The lowest BCUT2D eigenvalue weighted by molar-refractivity contribution is -0.384. The van der Waals surface area contributed by atoms with E-state index in [-0.39, 0.29) is 17.1 Å². The Morgan fingerprint density at radius 3 is 2.00 bits per heavy atom. The molecule has 0 unspecified atom stereocenters. The third-order valence-corrected chi connectivity index (χ3v) is 4.24. The lowest BCUT2D eigenvalue weighted by atomic mass is 10.0. The van der Waals surface area contributed by atoms with Crippen LogP contribution in [0.3, 0.4) is 0 Å². The Kier molecular flexibility index (Phi) is 5.73. The maximum absolute atomic E-state index is 13.3. The molecule has 0 saturated carbocycles. The molecule has 8 heteroatoms. The molecule has 0 heterocycles. The van der Waals surface area contributed by atoms with E-state index in [1.165, 1.54) is 50.6 Å². The van der Waals surface area contributed by atoms with E-state index in [1.807, 2.05) is 0 Å². The van der Waals surface area contributed by atoms with Crippen molar-refractivity contribution in [1.29, 1.82) is 0 Å². The summed E-state index contributed by atoms with van der Waals surface area (Å²) in [5, 5.41) is 13.5. The van der Waals surface area contributed by atoms with E-state index >= 15 is 0 Å². The molecule has 7 nitrogen and oxygen atoms in total. The number of ether oxygens (including phenoxy) is 2. The molecule has 3 aromatic rings. The van der Waals surface area contributed by atoms with Gasteiger partial charge < -0.3 is 14.8 Å². The van der Waals surface area contributed by atoms with Gasteiger partial charge in [-0.15, -0.1) is 0 Å². The fraction of sp³-hybridized carbons (Fsp3) is 0.0952. The first-order valence-corrected chi connectivity index (χ1v) is 8.50. The molecule has 0 saturated heterocycles. The SMILES string of the molecule is COc1cc(NC(=O)c2ccc([N+](=O)[O-])cc2)cc(OC)c1-c1ccc(F)cc1. The molecular formula is C21H17FN2O5. The van der Waals surface area contributed by atoms with Gasteiger partial charge in [-0.3, -0.25) is 14.9 Å². The second kappa shape index (κ2) is 8.39. The molecule has 0 fully saturated rings. The second-order valence-corrected chi connectivity index (χ2v) is 6.02. The highest BCUT2D eigenvalue weighted by atomic mass is 19.1. The number of methoxy groups -OCH3 is 2. The monoisotopic (exact) mass is 396 g/mol. The summed E-state index contributed by atoms with van der Waals surface area (Å²) in [6.45, 7) is 0. The highest BCUT2D eigenvalue weighted by Gasteiger charge is 2.17. The van der Waals surface area contributed by atoms with Gasteiger partial charge in [-0.2, -0.15) is 0 Å². The average Bonchev–Trinajstić information content (AvgIpc) is 2.73. The number of nitrogens with one attached hydrogen (secondary N) is 1. The smallest absolute Gasteiger partial charge is 0.269 e. The molecule has 0 radical (unpaired) electrons. The molecule has 0 bridgehead atoms. The lowest BCUT2D eigenvalue weighted by Crippen LogP contribution is -2.12. The van der Waals surface area contributed by atoms with Crippen LogP contribution in [0.2, 0.25) is 0 Å². The minimum absolute atomic E-state index is 0.103. The number of non-ortho nitro benzene ring substituents is 1. The first kappa shape index (κ1) is 19.8. The summed E-state index contributed by atoms with van der Waals surface area (Å²) in [5.74, 6) is 0.0436. The van der Waals surface area contributed by atoms with Gasteiger partial charge >= 0.3 is 0 Å². The van der Waals surface area contributed by atoms with E-state index in [9.17, 15) is 19.3 Å². The van der Waals surface area contributed by atoms with Crippen LogP contribution in [0.5, 0.6) is 11.5 Å². The molecular weight excluding hydrogens is 379 g/mol. The summed E-state index contributed by atoms with van der Waals surface area (Å²) in [5.41, 5.74) is 1.87. The molecule has 0 aliphatic heterocycles. The Morgan fingerprint density at radius 2 is 1.52 bits per heavy atom. The van der Waals surface area contributed by atoms with Gasteiger partial charge in [0.25, 0.3) is 11.6 Å². The number of rotatable bonds is 6. The van der Waals surface area contributed by atoms with Gasteiger partial charge in [0.15, 0.2) is 0 Å². The number of amides is 1. The molecule has 1 amide bonds. The molecule has 0 aliphatic rings. The number of nitro groups is 1. The van der Waals surface area contributed by atoms with Gasteiger partial charge in [0.05, 0.1) is 24.7 Å². The van der Waals surface area contributed by atoms with Crippen LogP contribution in [0.15, 0.2) is 60.7 Å². The summed E-state index contributed by atoms with van der Waals surface area (Å²) in [4.78, 5) is 22.7. The predicted octanol–water partition coefficient (Wildman–Crippen LogP) is 4.67. The standard InChI is InChI=1S/C21H17FN2O5/c1-28-18-11-16(23-21(25)14-5-9-17(10-6-14)24(26)27)12-19(29-2)20(18)13-3-7-15(22)8-4-13/h3-12H,1-2H3,(H,23,25). The first-order chi connectivity index (χ1) is 13.9. The molecule has 0 atom stereocenters. The van der Waals surface area contributed by atoms with Crippen LogP contribution in [0.4, 0.5) is 15.8 Å². The minimum atomic E-state index is -0.536. The van der Waals surface area contributed by atoms with Crippen molar-refractivity contribution in [2.75, 3.05) is 19.5 Å². The molecule has 0 aromatic heterocycles. The zero-order chi connectivity index (χ0) is 21.0. The number of halogens is 1. The maximum Gasteiger partial charge on any atom is 0.269 e. The number of anilines is 1. The van der Waals surface area contributed by atoms with Crippen molar-refractivity contribution in [1.82, 2.24) is 0 Å². The van der Waals surface area contributed by atoms with Gasteiger partial charge in [0.2, 0.25) is 0 Å². The van der Waals surface area contributed by atoms with Crippen LogP contribution in [0.25, 0.3) is 11.1 Å². The Bertz CT molecular complexity index is 1020. The van der Waals surface area contributed by atoms with Crippen molar-refractivity contribution in [2.45, 2.75) is 0 Å². The normalized spacial score (nSPS) is 10.3. The van der Waals surface area contributed by atoms with Crippen LogP contribution >= 0.6 is 0 Å². The Balaban J connectivity index is 1.93. The Labute approximate surface area is 165 Å². The fourth-order valence-corrected chi connectivity index (χ4v) is 2.82. The zero-order valence-corrected chi connectivity index (χ0v) is 15.6.